The van der Waals surface area contributed by atoms with E-state index in [4.69, 9.17) is 9.31 Å². The first-order valence-corrected chi connectivity index (χ1v) is 4.10. The minimum Gasteiger partial charge on any atom is -0.406 e. The lowest BCUT2D eigenvalue weighted by atomic mass is 9.79. The molecular weight excluding hydrogens is 153 g/mol. The van der Waals surface area contributed by atoms with Gasteiger partial charge in [0.25, 0.3) is 0 Å². The van der Waals surface area contributed by atoms with Gasteiger partial charge in [0.1, 0.15) is 0 Å². The Morgan fingerprint density at radius 1 is 1.33 bits per heavy atom. The SMILES string of the molecule is C=CC(=C)B1OCCNCCO1. The Hall–Kier alpha value is -0.575. The van der Waals surface area contributed by atoms with Crippen LogP contribution in [0.2, 0.25) is 0 Å². The smallest absolute Gasteiger partial charge is 0.406 e. The molecule has 12 heavy (non-hydrogen) atoms. The molecule has 1 heterocycles. The first kappa shape index (κ1) is 9.51. The maximum Gasteiger partial charge on any atom is 0.493 e. The minimum atomic E-state index is -0.301. The van der Waals surface area contributed by atoms with Crippen molar-refractivity contribution in [2.45, 2.75) is 0 Å². The van der Waals surface area contributed by atoms with Crippen LogP contribution in [0.4, 0.5) is 0 Å². The summed E-state index contributed by atoms with van der Waals surface area (Å²) in [5.41, 5.74) is 0.789. The van der Waals surface area contributed by atoms with Gasteiger partial charge >= 0.3 is 7.12 Å². The summed E-state index contributed by atoms with van der Waals surface area (Å²) < 4.78 is 10.8. The fourth-order valence-corrected chi connectivity index (χ4v) is 0.960. The van der Waals surface area contributed by atoms with Crippen molar-refractivity contribution < 1.29 is 9.31 Å². The highest BCUT2D eigenvalue weighted by Gasteiger charge is 2.21. The van der Waals surface area contributed by atoms with Crippen LogP contribution in [0, 0.1) is 0 Å². The molecular formula is C8H14BNO2. The van der Waals surface area contributed by atoms with E-state index in [1.165, 1.54) is 0 Å². The monoisotopic (exact) mass is 167 g/mol. The van der Waals surface area contributed by atoms with Gasteiger partial charge in [0.2, 0.25) is 0 Å². The van der Waals surface area contributed by atoms with Gasteiger partial charge in [0, 0.05) is 26.3 Å². The topological polar surface area (TPSA) is 30.5 Å². The van der Waals surface area contributed by atoms with E-state index in [0.717, 1.165) is 18.6 Å². The number of allylic oxidation sites excluding steroid dienone is 2. The Morgan fingerprint density at radius 2 is 1.92 bits per heavy atom. The molecule has 0 unspecified atom stereocenters. The van der Waals surface area contributed by atoms with E-state index in [-0.39, 0.29) is 7.12 Å². The summed E-state index contributed by atoms with van der Waals surface area (Å²) in [7, 11) is -0.301. The van der Waals surface area contributed by atoms with Gasteiger partial charge < -0.3 is 14.6 Å². The van der Waals surface area contributed by atoms with Crippen LogP contribution in [-0.2, 0) is 9.31 Å². The molecule has 66 valence electrons. The van der Waals surface area contributed by atoms with Crippen LogP contribution in [0.1, 0.15) is 0 Å². The molecule has 0 atom stereocenters. The van der Waals surface area contributed by atoms with Gasteiger partial charge in [-0.2, -0.15) is 0 Å². The van der Waals surface area contributed by atoms with E-state index in [2.05, 4.69) is 18.5 Å². The second kappa shape index (κ2) is 5.14. The zero-order valence-electron chi connectivity index (χ0n) is 7.21. The third-order valence-corrected chi connectivity index (χ3v) is 1.66. The van der Waals surface area contributed by atoms with Crippen molar-refractivity contribution in [1.82, 2.24) is 5.32 Å². The maximum atomic E-state index is 5.38. The highest BCUT2D eigenvalue weighted by atomic mass is 16.6. The molecule has 1 saturated heterocycles. The van der Waals surface area contributed by atoms with E-state index >= 15 is 0 Å². The third-order valence-electron chi connectivity index (χ3n) is 1.66. The normalized spacial score (nSPS) is 19.5. The van der Waals surface area contributed by atoms with Gasteiger partial charge in [-0.15, -0.1) is 0 Å². The lowest BCUT2D eigenvalue weighted by molar-refractivity contribution is 0.185. The van der Waals surface area contributed by atoms with Crippen molar-refractivity contribution in [2.24, 2.45) is 0 Å². The molecule has 3 nitrogen and oxygen atoms in total. The van der Waals surface area contributed by atoms with Crippen molar-refractivity contribution in [3.63, 3.8) is 0 Å². The standard InChI is InChI=1S/C8H14BNO2/c1-3-8(2)9-11-6-4-10-5-7-12-9/h3,10H,1-2,4-7H2. The second-order valence-electron chi connectivity index (χ2n) is 2.60. The van der Waals surface area contributed by atoms with Crippen LogP contribution in [0.25, 0.3) is 0 Å². The third kappa shape index (κ3) is 2.81. The summed E-state index contributed by atoms with van der Waals surface area (Å²) in [6, 6.07) is 0. The summed E-state index contributed by atoms with van der Waals surface area (Å²) in [6.45, 7) is 10.4. The van der Waals surface area contributed by atoms with Crippen molar-refractivity contribution in [3.8, 4) is 0 Å². The predicted octanol–water partition coefficient (Wildman–Crippen LogP) is 0.392. The van der Waals surface area contributed by atoms with Crippen molar-refractivity contribution >= 4 is 7.12 Å². The predicted molar refractivity (Wildman–Crippen MR) is 49.9 cm³/mol. The van der Waals surface area contributed by atoms with E-state index in [1.807, 2.05) is 0 Å². The Kier molecular flexibility index (Phi) is 4.07. The van der Waals surface area contributed by atoms with Crippen molar-refractivity contribution in [2.75, 3.05) is 26.3 Å². The lowest BCUT2D eigenvalue weighted by Gasteiger charge is -2.18. The van der Waals surface area contributed by atoms with E-state index < -0.39 is 0 Å². The molecule has 1 N–H and O–H groups in total. The van der Waals surface area contributed by atoms with Crippen LogP contribution >= 0.6 is 0 Å². The molecule has 1 rings (SSSR count). The van der Waals surface area contributed by atoms with Gasteiger partial charge in [0.05, 0.1) is 0 Å². The Morgan fingerprint density at radius 3 is 2.42 bits per heavy atom. The molecule has 1 aliphatic rings. The van der Waals surface area contributed by atoms with Crippen LogP contribution < -0.4 is 5.32 Å². The maximum absolute atomic E-state index is 5.38. The molecule has 1 aliphatic heterocycles. The van der Waals surface area contributed by atoms with E-state index in [9.17, 15) is 0 Å². The fourth-order valence-electron chi connectivity index (χ4n) is 0.960. The molecule has 0 aromatic heterocycles. The van der Waals surface area contributed by atoms with Gasteiger partial charge in [-0.05, 0) is 5.47 Å². The van der Waals surface area contributed by atoms with Gasteiger partial charge in [-0.3, -0.25) is 0 Å². The number of hydrogen-bond donors (Lipinski definition) is 1. The van der Waals surface area contributed by atoms with Crippen LogP contribution in [0.15, 0.2) is 24.7 Å². The van der Waals surface area contributed by atoms with Gasteiger partial charge in [0.15, 0.2) is 0 Å². The van der Waals surface area contributed by atoms with Crippen molar-refractivity contribution in [1.29, 1.82) is 0 Å². The molecule has 0 radical (unpaired) electrons. The Balaban J connectivity index is 2.39. The molecule has 0 aliphatic carbocycles. The zero-order valence-corrected chi connectivity index (χ0v) is 7.21. The number of nitrogens with one attached hydrogen (secondary N) is 1. The van der Waals surface area contributed by atoms with Gasteiger partial charge in [-0.25, -0.2) is 0 Å². The Labute approximate surface area is 73.6 Å². The number of rotatable bonds is 2. The molecule has 0 aromatic rings. The largest absolute Gasteiger partial charge is 0.493 e. The molecule has 4 heteroatoms. The average molecular weight is 167 g/mol. The van der Waals surface area contributed by atoms with Crippen LogP contribution in [0.3, 0.4) is 0 Å². The van der Waals surface area contributed by atoms with E-state index in [1.54, 1.807) is 6.08 Å². The average Bonchev–Trinajstić information content (AvgIpc) is 2.02. The summed E-state index contributed by atoms with van der Waals surface area (Å²) in [4.78, 5) is 0. The number of hydrogen-bond acceptors (Lipinski definition) is 3. The molecule has 0 aromatic carbocycles. The highest BCUT2D eigenvalue weighted by Crippen LogP contribution is 2.03. The zero-order chi connectivity index (χ0) is 8.81. The molecule has 1 fully saturated rings. The quantitative estimate of drug-likeness (QED) is 0.476. The summed E-state index contributed by atoms with van der Waals surface area (Å²) in [5.74, 6) is 0. The molecule has 0 bridgehead atoms. The van der Waals surface area contributed by atoms with Crippen molar-refractivity contribution in [3.05, 3.63) is 24.7 Å². The highest BCUT2D eigenvalue weighted by molar-refractivity contribution is 6.54. The first-order chi connectivity index (χ1) is 5.84. The van der Waals surface area contributed by atoms with Gasteiger partial charge in [-0.1, -0.05) is 19.2 Å². The molecule has 0 saturated carbocycles. The van der Waals surface area contributed by atoms with Crippen LogP contribution in [0.5, 0.6) is 0 Å². The Bertz CT molecular complexity index is 164. The first-order valence-electron chi connectivity index (χ1n) is 4.10. The van der Waals surface area contributed by atoms with E-state index in [0.29, 0.717) is 13.2 Å². The lowest BCUT2D eigenvalue weighted by Crippen LogP contribution is -2.36. The molecule has 0 amide bonds. The second-order valence-corrected chi connectivity index (χ2v) is 2.60. The molecule has 0 spiro atoms. The summed E-state index contributed by atoms with van der Waals surface area (Å²) in [6.07, 6.45) is 1.67. The minimum absolute atomic E-state index is 0.301. The summed E-state index contributed by atoms with van der Waals surface area (Å²) >= 11 is 0. The fraction of sp³-hybridized carbons (Fsp3) is 0.500. The summed E-state index contributed by atoms with van der Waals surface area (Å²) in [5, 5.41) is 3.16. The van der Waals surface area contributed by atoms with Crippen LogP contribution in [-0.4, -0.2) is 33.4 Å².